The summed E-state index contributed by atoms with van der Waals surface area (Å²) in [6.07, 6.45) is 2.18. The van der Waals surface area contributed by atoms with Gasteiger partial charge in [0.2, 0.25) is 5.89 Å². The van der Waals surface area contributed by atoms with E-state index in [0.717, 1.165) is 25.9 Å². The number of rotatable bonds is 4. The largest absolute Gasteiger partial charge is 0.434 e. The summed E-state index contributed by atoms with van der Waals surface area (Å²) in [7, 11) is 0. The number of aromatic amines is 1. The summed E-state index contributed by atoms with van der Waals surface area (Å²) >= 11 is 6.34. The molecule has 134 valence electrons. The van der Waals surface area contributed by atoms with Crippen molar-refractivity contribution < 1.29 is 4.42 Å². The maximum absolute atomic E-state index is 11.2. The number of anilines is 1. The summed E-state index contributed by atoms with van der Waals surface area (Å²) in [6, 6.07) is 5.58. The number of hydrogen-bond donors (Lipinski definition) is 3. The quantitative estimate of drug-likeness (QED) is 0.749. The minimum Gasteiger partial charge on any atom is -0.388 e. The van der Waals surface area contributed by atoms with Gasteiger partial charge in [-0.2, -0.15) is 5.26 Å². The average molecular weight is 384 g/mol. The van der Waals surface area contributed by atoms with Crippen LogP contribution < -0.4 is 16.4 Å². The molecule has 9 heteroatoms. The van der Waals surface area contributed by atoms with Crippen LogP contribution >= 0.6 is 24.0 Å². The van der Waals surface area contributed by atoms with Crippen molar-refractivity contribution in [2.75, 3.05) is 18.4 Å². The maximum atomic E-state index is 11.2. The number of hydrogen-bond acceptors (Lipinski definition) is 6. The predicted molar refractivity (Wildman–Crippen MR) is 98.2 cm³/mol. The van der Waals surface area contributed by atoms with Gasteiger partial charge in [-0.1, -0.05) is 11.6 Å². The number of benzene rings is 1. The molecule has 1 aromatic carbocycles. The van der Waals surface area contributed by atoms with Gasteiger partial charge in [0.25, 0.3) is 0 Å². The smallest absolute Gasteiger partial charge is 0.388 e. The van der Waals surface area contributed by atoms with Gasteiger partial charge >= 0.3 is 5.76 Å². The van der Waals surface area contributed by atoms with Gasteiger partial charge in [-0.15, -0.1) is 17.5 Å². The Morgan fingerprint density at radius 2 is 2.16 bits per heavy atom. The fourth-order valence-electron chi connectivity index (χ4n) is 3.00. The highest BCUT2D eigenvalue weighted by molar-refractivity contribution is 6.34. The van der Waals surface area contributed by atoms with Gasteiger partial charge in [-0.3, -0.25) is 0 Å². The van der Waals surface area contributed by atoms with E-state index in [1.165, 1.54) is 0 Å². The SMILES string of the molecule is CC(Nc1cc(-c2n[nH]c(=O)o2)cc(C#N)c1Cl)C1CCNCC1.Cl. The lowest BCUT2D eigenvalue weighted by Gasteiger charge is -2.30. The highest BCUT2D eigenvalue weighted by atomic mass is 35.5. The van der Waals surface area contributed by atoms with Crippen LogP contribution in [0.2, 0.25) is 5.02 Å². The van der Waals surface area contributed by atoms with Crippen molar-refractivity contribution in [3.8, 4) is 17.5 Å². The number of halogens is 2. The first kappa shape index (κ1) is 19.3. The molecule has 1 aliphatic heterocycles. The Hall–Kier alpha value is -2.01. The second kappa shape index (κ2) is 8.39. The first-order chi connectivity index (χ1) is 11.6. The molecule has 3 rings (SSSR count). The maximum Gasteiger partial charge on any atom is 0.434 e. The lowest BCUT2D eigenvalue weighted by atomic mass is 9.91. The second-order valence-electron chi connectivity index (χ2n) is 5.94. The van der Waals surface area contributed by atoms with Gasteiger partial charge < -0.3 is 15.1 Å². The molecule has 1 aromatic heterocycles. The van der Waals surface area contributed by atoms with E-state index in [9.17, 15) is 10.1 Å². The molecule has 0 saturated carbocycles. The number of aromatic nitrogens is 2. The van der Waals surface area contributed by atoms with E-state index in [1.807, 2.05) is 0 Å². The highest BCUT2D eigenvalue weighted by Crippen LogP contribution is 2.33. The van der Waals surface area contributed by atoms with Crippen LogP contribution in [0, 0.1) is 17.2 Å². The Balaban J connectivity index is 0.00000225. The summed E-state index contributed by atoms with van der Waals surface area (Å²) in [5.74, 6) is 0.0154. The summed E-state index contributed by atoms with van der Waals surface area (Å²) in [5, 5.41) is 22.4. The van der Waals surface area contributed by atoms with E-state index in [2.05, 4.69) is 33.8 Å². The van der Waals surface area contributed by atoms with Crippen molar-refractivity contribution in [3.05, 3.63) is 33.3 Å². The zero-order valence-corrected chi connectivity index (χ0v) is 15.2. The molecule has 1 unspecified atom stereocenters. The topological polar surface area (TPSA) is 107 Å². The first-order valence-corrected chi connectivity index (χ1v) is 8.23. The lowest BCUT2D eigenvalue weighted by Crippen LogP contribution is -2.36. The highest BCUT2D eigenvalue weighted by Gasteiger charge is 2.21. The van der Waals surface area contributed by atoms with Crippen molar-refractivity contribution in [1.82, 2.24) is 15.5 Å². The fourth-order valence-corrected chi connectivity index (χ4v) is 3.20. The van der Waals surface area contributed by atoms with Gasteiger partial charge in [0, 0.05) is 11.6 Å². The zero-order chi connectivity index (χ0) is 17.1. The summed E-state index contributed by atoms with van der Waals surface area (Å²) in [4.78, 5) is 11.2. The van der Waals surface area contributed by atoms with Crippen molar-refractivity contribution in [2.45, 2.75) is 25.8 Å². The molecule has 25 heavy (non-hydrogen) atoms. The van der Waals surface area contributed by atoms with E-state index < -0.39 is 5.76 Å². The third kappa shape index (κ3) is 4.34. The number of H-pyrrole nitrogens is 1. The van der Waals surface area contributed by atoms with Gasteiger partial charge in [0.15, 0.2) is 0 Å². The molecule has 2 heterocycles. The monoisotopic (exact) mass is 383 g/mol. The molecule has 1 saturated heterocycles. The van der Waals surface area contributed by atoms with E-state index in [-0.39, 0.29) is 24.3 Å². The van der Waals surface area contributed by atoms with E-state index in [1.54, 1.807) is 12.1 Å². The van der Waals surface area contributed by atoms with E-state index in [0.29, 0.717) is 27.8 Å². The molecule has 1 atom stereocenters. The Kier molecular flexibility index (Phi) is 6.48. The van der Waals surface area contributed by atoms with Gasteiger partial charge in [-0.25, -0.2) is 9.89 Å². The first-order valence-electron chi connectivity index (χ1n) is 7.85. The molecule has 0 amide bonds. The molecular weight excluding hydrogens is 365 g/mol. The summed E-state index contributed by atoms with van der Waals surface area (Å²) in [6.45, 7) is 4.12. The van der Waals surface area contributed by atoms with Gasteiger partial charge in [0.05, 0.1) is 16.3 Å². The number of nitriles is 1. The van der Waals surface area contributed by atoms with Crippen LogP contribution in [0.4, 0.5) is 5.69 Å². The molecule has 1 aliphatic rings. The lowest BCUT2D eigenvalue weighted by molar-refractivity contribution is 0.343. The van der Waals surface area contributed by atoms with Crippen LogP contribution in [0.5, 0.6) is 0 Å². The third-order valence-electron chi connectivity index (χ3n) is 4.35. The van der Waals surface area contributed by atoms with Crippen LogP contribution in [0.25, 0.3) is 11.5 Å². The van der Waals surface area contributed by atoms with Crippen LogP contribution in [0.3, 0.4) is 0 Å². The number of nitrogens with one attached hydrogen (secondary N) is 3. The molecule has 0 spiro atoms. The van der Waals surface area contributed by atoms with Crippen LogP contribution in [-0.2, 0) is 0 Å². The van der Waals surface area contributed by atoms with Crippen molar-refractivity contribution in [2.24, 2.45) is 5.92 Å². The summed E-state index contributed by atoms with van der Waals surface area (Å²) < 4.78 is 4.97. The Labute approximate surface area is 156 Å². The van der Waals surface area contributed by atoms with Crippen molar-refractivity contribution in [1.29, 1.82) is 5.26 Å². The summed E-state index contributed by atoms with van der Waals surface area (Å²) in [5.41, 5.74) is 1.47. The van der Waals surface area contributed by atoms with Gasteiger partial charge in [-0.05, 0) is 50.9 Å². The molecule has 0 aliphatic carbocycles. The molecule has 3 N–H and O–H groups in total. The Bertz CT molecular complexity index is 821. The third-order valence-corrected chi connectivity index (χ3v) is 4.76. The number of piperidine rings is 1. The van der Waals surface area contributed by atoms with E-state index in [4.69, 9.17) is 16.0 Å². The normalized spacial score (nSPS) is 15.9. The molecule has 1 fully saturated rings. The average Bonchev–Trinajstić information content (AvgIpc) is 3.04. The van der Waals surface area contributed by atoms with Crippen LogP contribution in [0.15, 0.2) is 21.3 Å². The van der Waals surface area contributed by atoms with E-state index >= 15 is 0 Å². The predicted octanol–water partition coefficient (Wildman–Crippen LogP) is 2.78. The standard InChI is InChI=1S/C16H18ClN5O2.ClH/c1-9(10-2-4-19-5-3-10)20-13-7-11(6-12(8-18)14(13)17)15-21-22-16(23)24-15;/h6-7,9-10,19-20H,2-5H2,1H3,(H,22,23);1H. The molecule has 7 nitrogen and oxygen atoms in total. The minimum atomic E-state index is -0.643. The second-order valence-corrected chi connectivity index (χ2v) is 6.31. The van der Waals surface area contributed by atoms with Crippen LogP contribution in [-0.4, -0.2) is 29.3 Å². The number of nitrogens with zero attached hydrogens (tertiary/aromatic N) is 2. The molecule has 0 bridgehead atoms. The zero-order valence-electron chi connectivity index (χ0n) is 13.6. The van der Waals surface area contributed by atoms with Crippen molar-refractivity contribution in [3.63, 3.8) is 0 Å². The Morgan fingerprint density at radius 1 is 1.44 bits per heavy atom. The molecule has 2 aromatic rings. The molecule has 0 radical (unpaired) electrons. The van der Waals surface area contributed by atoms with Crippen molar-refractivity contribution >= 4 is 29.7 Å². The fraction of sp³-hybridized carbons (Fsp3) is 0.438. The van der Waals surface area contributed by atoms with Crippen LogP contribution in [0.1, 0.15) is 25.3 Å². The Morgan fingerprint density at radius 3 is 2.76 bits per heavy atom. The van der Waals surface area contributed by atoms with Gasteiger partial charge in [0.1, 0.15) is 6.07 Å². The molecular formula is C16H19Cl2N5O2. The minimum absolute atomic E-state index is 0.